The van der Waals surface area contributed by atoms with Crippen LogP contribution in [0, 0.1) is 13.8 Å². The lowest BCUT2D eigenvalue weighted by atomic mass is 10.1. The van der Waals surface area contributed by atoms with Crippen LogP contribution in [0.1, 0.15) is 21.5 Å². The van der Waals surface area contributed by atoms with Gasteiger partial charge in [-0.05, 0) is 61.4 Å². The Morgan fingerprint density at radius 3 is 2.43 bits per heavy atom. The van der Waals surface area contributed by atoms with E-state index >= 15 is 0 Å². The van der Waals surface area contributed by atoms with E-state index in [4.69, 9.17) is 0 Å². The topological polar surface area (TPSA) is 46.9 Å². The highest BCUT2D eigenvalue weighted by Crippen LogP contribution is 2.22. The minimum Gasteiger partial charge on any atom is -0.355 e. The molecule has 0 unspecified atom stereocenters. The molecule has 1 aromatic heterocycles. The van der Waals surface area contributed by atoms with E-state index in [1.807, 2.05) is 35.2 Å². The highest BCUT2D eigenvalue weighted by molar-refractivity contribution is 5.94. The molecule has 2 aromatic carbocycles. The molecule has 4 heteroatoms. The van der Waals surface area contributed by atoms with Crippen LogP contribution >= 0.6 is 0 Å². The van der Waals surface area contributed by atoms with Crippen molar-refractivity contribution in [2.45, 2.75) is 13.8 Å². The molecule has 0 atom stereocenters. The maximum Gasteiger partial charge on any atom is 0.251 e. The highest BCUT2D eigenvalue weighted by Gasteiger charge is 2.08. The van der Waals surface area contributed by atoms with Gasteiger partial charge in [-0.3, -0.25) is 9.36 Å². The van der Waals surface area contributed by atoms with Gasteiger partial charge < -0.3 is 5.32 Å². The third-order valence-electron chi connectivity index (χ3n) is 3.80. The van der Waals surface area contributed by atoms with Crippen molar-refractivity contribution in [1.82, 2.24) is 14.9 Å². The molecule has 4 nitrogen and oxygen atoms in total. The lowest BCUT2D eigenvalue weighted by Gasteiger charge is -2.07. The Labute approximate surface area is 123 Å². The summed E-state index contributed by atoms with van der Waals surface area (Å²) in [5.74, 6) is -0.0801. The number of rotatable bonds is 2. The standard InChI is InChI=1S/C17H17N3O/c1-11-8-15-16(9-12(11)2)20(10-19-15)14-6-4-13(5-7-14)17(21)18-3/h4-10H,1-3H3,(H,18,21). The predicted octanol–water partition coefficient (Wildman–Crippen LogP) is 3.00. The van der Waals surface area contributed by atoms with Crippen molar-refractivity contribution in [3.8, 4) is 5.69 Å². The van der Waals surface area contributed by atoms with Gasteiger partial charge in [0.2, 0.25) is 0 Å². The van der Waals surface area contributed by atoms with Crippen molar-refractivity contribution in [2.24, 2.45) is 0 Å². The van der Waals surface area contributed by atoms with Gasteiger partial charge in [-0.25, -0.2) is 4.98 Å². The number of hydrogen-bond acceptors (Lipinski definition) is 2. The first-order valence-corrected chi connectivity index (χ1v) is 6.87. The average molecular weight is 279 g/mol. The Balaban J connectivity index is 2.08. The van der Waals surface area contributed by atoms with E-state index < -0.39 is 0 Å². The van der Waals surface area contributed by atoms with Crippen LogP contribution in [0.5, 0.6) is 0 Å². The number of hydrogen-bond donors (Lipinski definition) is 1. The second-order valence-corrected chi connectivity index (χ2v) is 5.17. The van der Waals surface area contributed by atoms with E-state index in [2.05, 4.69) is 36.3 Å². The fraction of sp³-hybridized carbons (Fsp3) is 0.176. The molecular weight excluding hydrogens is 262 g/mol. The Bertz CT molecular complexity index is 816. The van der Waals surface area contributed by atoms with Gasteiger partial charge in [-0.15, -0.1) is 0 Å². The molecule has 0 spiro atoms. The van der Waals surface area contributed by atoms with E-state index in [9.17, 15) is 4.79 Å². The molecule has 1 N–H and O–H groups in total. The SMILES string of the molecule is CNC(=O)c1ccc(-n2cnc3cc(C)c(C)cc32)cc1. The molecule has 3 rings (SSSR count). The zero-order chi connectivity index (χ0) is 15.0. The summed E-state index contributed by atoms with van der Waals surface area (Å²) < 4.78 is 2.04. The lowest BCUT2D eigenvalue weighted by Crippen LogP contribution is -2.17. The zero-order valence-electron chi connectivity index (χ0n) is 12.3. The third kappa shape index (κ3) is 2.29. The molecular formula is C17H17N3O. The quantitative estimate of drug-likeness (QED) is 0.784. The number of benzene rings is 2. The van der Waals surface area contributed by atoms with Gasteiger partial charge in [0.05, 0.1) is 11.0 Å². The fourth-order valence-corrected chi connectivity index (χ4v) is 2.39. The molecule has 106 valence electrons. The number of fused-ring (bicyclic) bond motifs is 1. The van der Waals surface area contributed by atoms with Crippen LogP contribution in [-0.2, 0) is 0 Å². The molecule has 0 saturated carbocycles. The largest absolute Gasteiger partial charge is 0.355 e. The van der Waals surface area contributed by atoms with Gasteiger partial charge in [-0.2, -0.15) is 0 Å². The molecule has 0 aliphatic rings. The first-order chi connectivity index (χ1) is 10.1. The van der Waals surface area contributed by atoms with Crippen molar-refractivity contribution in [1.29, 1.82) is 0 Å². The van der Waals surface area contributed by atoms with Gasteiger partial charge in [-0.1, -0.05) is 0 Å². The monoisotopic (exact) mass is 279 g/mol. The first kappa shape index (κ1) is 13.4. The number of imidazole rings is 1. The van der Waals surface area contributed by atoms with Crippen LogP contribution in [0.25, 0.3) is 16.7 Å². The summed E-state index contributed by atoms with van der Waals surface area (Å²) in [6.45, 7) is 4.19. The van der Waals surface area contributed by atoms with Crippen LogP contribution < -0.4 is 5.32 Å². The number of carbonyl (C=O) groups excluding carboxylic acids is 1. The fourth-order valence-electron chi connectivity index (χ4n) is 2.39. The summed E-state index contributed by atoms with van der Waals surface area (Å²) in [7, 11) is 1.63. The summed E-state index contributed by atoms with van der Waals surface area (Å²) in [5.41, 5.74) is 6.18. The normalized spacial score (nSPS) is 10.8. The van der Waals surface area contributed by atoms with Crippen LogP contribution in [-0.4, -0.2) is 22.5 Å². The second-order valence-electron chi connectivity index (χ2n) is 5.17. The average Bonchev–Trinajstić information content (AvgIpc) is 2.90. The van der Waals surface area contributed by atoms with Crippen molar-refractivity contribution in [3.05, 3.63) is 59.4 Å². The molecule has 0 saturated heterocycles. The maximum atomic E-state index is 11.6. The molecule has 0 aliphatic heterocycles. The van der Waals surface area contributed by atoms with E-state index in [1.165, 1.54) is 11.1 Å². The van der Waals surface area contributed by atoms with Crippen LogP contribution in [0.3, 0.4) is 0 Å². The molecule has 0 aliphatic carbocycles. The predicted molar refractivity (Wildman–Crippen MR) is 83.9 cm³/mol. The molecule has 0 bridgehead atoms. The van der Waals surface area contributed by atoms with Crippen LogP contribution in [0.4, 0.5) is 0 Å². The van der Waals surface area contributed by atoms with Gasteiger partial charge in [0.1, 0.15) is 6.33 Å². The number of nitrogens with zero attached hydrogens (tertiary/aromatic N) is 2. The Morgan fingerprint density at radius 2 is 1.76 bits per heavy atom. The van der Waals surface area contributed by atoms with Gasteiger partial charge in [0.15, 0.2) is 0 Å². The number of aryl methyl sites for hydroxylation is 2. The van der Waals surface area contributed by atoms with Gasteiger partial charge in [0.25, 0.3) is 5.91 Å². The van der Waals surface area contributed by atoms with E-state index in [-0.39, 0.29) is 5.91 Å². The molecule has 1 amide bonds. The molecule has 0 fully saturated rings. The summed E-state index contributed by atoms with van der Waals surface area (Å²) in [4.78, 5) is 16.0. The van der Waals surface area contributed by atoms with Crippen LogP contribution in [0.15, 0.2) is 42.7 Å². The minimum absolute atomic E-state index is 0.0801. The van der Waals surface area contributed by atoms with Crippen molar-refractivity contribution < 1.29 is 4.79 Å². The highest BCUT2D eigenvalue weighted by atomic mass is 16.1. The first-order valence-electron chi connectivity index (χ1n) is 6.87. The number of aromatic nitrogens is 2. The summed E-state index contributed by atoms with van der Waals surface area (Å²) in [6.07, 6.45) is 1.82. The smallest absolute Gasteiger partial charge is 0.251 e. The number of amides is 1. The molecule has 21 heavy (non-hydrogen) atoms. The number of carbonyl (C=O) groups is 1. The van der Waals surface area contributed by atoms with Crippen molar-refractivity contribution in [3.63, 3.8) is 0 Å². The van der Waals surface area contributed by atoms with Gasteiger partial charge >= 0.3 is 0 Å². The second kappa shape index (κ2) is 5.05. The summed E-state index contributed by atoms with van der Waals surface area (Å²) in [6, 6.07) is 11.7. The molecule has 3 aromatic rings. The van der Waals surface area contributed by atoms with E-state index in [0.717, 1.165) is 16.7 Å². The summed E-state index contributed by atoms with van der Waals surface area (Å²) in [5, 5.41) is 2.62. The van der Waals surface area contributed by atoms with Crippen molar-refractivity contribution in [2.75, 3.05) is 7.05 Å². The Morgan fingerprint density at radius 1 is 1.10 bits per heavy atom. The summed E-state index contributed by atoms with van der Waals surface area (Å²) >= 11 is 0. The van der Waals surface area contributed by atoms with Crippen LogP contribution in [0.2, 0.25) is 0 Å². The zero-order valence-corrected chi connectivity index (χ0v) is 12.3. The molecule has 1 heterocycles. The van der Waals surface area contributed by atoms with Gasteiger partial charge in [0, 0.05) is 18.3 Å². The number of nitrogens with one attached hydrogen (secondary N) is 1. The molecule has 0 radical (unpaired) electrons. The van der Waals surface area contributed by atoms with E-state index in [0.29, 0.717) is 5.56 Å². The lowest BCUT2D eigenvalue weighted by molar-refractivity contribution is 0.0963. The van der Waals surface area contributed by atoms with E-state index in [1.54, 1.807) is 7.05 Å². The maximum absolute atomic E-state index is 11.6. The Kier molecular flexibility index (Phi) is 3.22. The Hall–Kier alpha value is -2.62. The van der Waals surface area contributed by atoms with Crippen molar-refractivity contribution >= 4 is 16.9 Å². The third-order valence-corrected chi connectivity index (χ3v) is 3.80. The minimum atomic E-state index is -0.0801.